The number of thiazole rings is 1. The molecular weight excluding hydrogens is 216 g/mol. The van der Waals surface area contributed by atoms with Crippen LogP contribution in [0.15, 0.2) is 16.1 Å². The minimum absolute atomic E-state index is 0.118. The Morgan fingerprint density at radius 2 is 2.47 bits per heavy atom. The van der Waals surface area contributed by atoms with Crippen molar-refractivity contribution in [1.29, 1.82) is 0 Å². The Morgan fingerprint density at radius 3 is 3.00 bits per heavy atom. The van der Waals surface area contributed by atoms with Crippen molar-refractivity contribution in [2.24, 2.45) is 0 Å². The Hall–Kier alpha value is -1.69. The van der Waals surface area contributed by atoms with Gasteiger partial charge in [-0.2, -0.15) is 0 Å². The third-order valence-corrected chi connectivity index (χ3v) is 2.71. The fourth-order valence-corrected chi connectivity index (χ4v) is 1.90. The Morgan fingerprint density at radius 1 is 1.67 bits per heavy atom. The Labute approximate surface area is 89.4 Å². The van der Waals surface area contributed by atoms with Crippen LogP contribution in [0.25, 0.3) is 10.7 Å². The van der Waals surface area contributed by atoms with Gasteiger partial charge in [-0.15, -0.1) is 11.3 Å². The van der Waals surface area contributed by atoms with Gasteiger partial charge < -0.3 is 9.63 Å². The SMILES string of the molecule is CCc1onc(-c2nccs2)c1C(=O)O. The maximum Gasteiger partial charge on any atom is 0.341 e. The normalized spacial score (nSPS) is 10.5. The van der Waals surface area contributed by atoms with E-state index >= 15 is 0 Å². The van der Waals surface area contributed by atoms with E-state index < -0.39 is 5.97 Å². The standard InChI is InChI=1S/C9H8N2O3S/c1-2-5-6(9(12)13)7(11-14-5)8-10-3-4-15-8/h3-4H,2H2,1H3,(H,12,13). The summed E-state index contributed by atoms with van der Waals surface area (Å²) >= 11 is 1.33. The van der Waals surface area contributed by atoms with E-state index in [4.69, 9.17) is 9.63 Å². The molecule has 0 fully saturated rings. The van der Waals surface area contributed by atoms with Crippen LogP contribution in [-0.4, -0.2) is 21.2 Å². The van der Waals surface area contributed by atoms with Crippen molar-refractivity contribution < 1.29 is 14.4 Å². The maximum absolute atomic E-state index is 11.0. The highest BCUT2D eigenvalue weighted by Crippen LogP contribution is 2.27. The Balaban J connectivity index is 2.58. The van der Waals surface area contributed by atoms with Crippen molar-refractivity contribution >= 4 is 17.3 Å². The van der Waals surface area contributed by atoms with Gasteiger partial charge in [0.15, 0.2) is 11.5 Å². The first kappa shape index (κ1) is 9.85. The van der Waals surface area contributed by atoms with Crippen LogP contribution >= 0.6 is 11.3 Å². The van der Waals surface area contributed by atoms with Crippen LogP contribution in [0.1, 0.15) is 23.0 Å². The van der Waals surface area contributed by atoms with Crippen LogP contribution in [0, 0.1) is 0 Å². The lowest BCUT2D eigenvalue weighted by Gasteiger charge is -1.93. The molecule has 5 nitrogen and oxygen atoms in total. The summed E-state index contributed by atoms with van der Waals surface area (Å²) in [7, 11) is 0. The van der Waals surface area contributed by atoms with Crippen LogP contribution in [0.5, 0.6) is 0 Å². The van der Waals surface area contributed by atoms with Gasteiger partial charge in [-0.3, -0.25) is 0 Å². The molecule has 6 heteroatoms. The molecule has 2 heterocycles. The predicted octanol–water partition coefficient (Wildman–Crippen LogP) is 2.06. The van der Waals surface area contributed by atoms with E-state index in [1.54, 1.807) is 11.6 Å². The van der Waals surface area contributed by atoms with Crippen LogP contribution in [0.2, 0.25) is 0 Å². The average Bonchev–Trinajstić information content (AvgIpc) is 2.85. The summed E-state index contributed by atoms with van der Waals surface area (Å²) < 4.78 is 4.97. The smallest absolute Gasteiger partial charge is 0.341 e. The second-order valence-corrected chi connectivity index (χ2v) is 3.72. The Kier molecular flexibility index (Phi) is 2.51. The zero-order valence-electron chi connectivity index (χ0n) is 7.93. The molecule has 0 aliphatic carbocycles. The highest BCUT2D eigenvalue weighted by atomic mass is 32.1. The highest BCUT2D eigenvalue weighted by molar-refractivity contribution is 7.13. The molecular formula is C9H8N2O3S. The molecule has 0 unspecified atom stereocenters. The van der Waals surface area contributed by atoms with Gasteiger partial charge in [0.2, 0.25) is 0 Å². The van der Waals surface area contributed by atoms with Crippen molar-refractivity contribution in [3.63, 3.8) is 0 Å². The van der Waals surface area contributed by atoms with E-state index in [1.807, 2.05) is 6.92 Å². The van der Waals surface area contributed by atoms with Gasteiger partial charge in [0.1, 0.15) is 10.6 Å². The van der Waals surface area contributed by atoms with E-state index in [1.165, 1.54) is 11.3 Å². The molecule has 0 spiro atoms. The summed E-state index contributed by atoms with van der Waals surface area (Å²) in [6.07, 6.45) is 2.10. The van der Waals surface area contributed by atoms with Gasteiger partial charge in [0, 0.05) is 18.0 Å². The van der Waals surface area contributed by atoms with E-state index in [2.05, 4.69) is 10.1 Å². The summed E-state index contributed by atoms with van der Waals surface area (Å²) in [5, 5.41) is 15.1. The molecule has 0 radical (unpaired) electrons. The maximum atomic E-state index is 11.0. The summed E-state index contributed by atoms with van der Waals surface area (Å²) in [5.41, 5.74) is 0.432. The minimum Gasteiger partial charge on any atom is -0.477 e. The van der Waals surface area contributed by atoms with E-state index in [9.17, 15) is 4.79 Å². The molecule has 1 N–H and O–H groups in total. The molecule has 2 rings (SSSR count). The monoisotopic (exact) mass is 224 g/mol. The second kappa shape index (κ2) is 3.82. The van der Waals surface area contributed by atoms with Crippen molar-refractivity contribution in [3.05, 3.63) is 22.9 Å². The van der Waals surface area contributed by atoms with Crippen molar-refractivity contribution in [1.82, 2.24) is 10.1 Å². The number of aromatic nitrogens is 2. The molecule has 0 atom stereocenters. The summed E-state index contributed by atoms with van der Waals surface area (Å²) in [6.45, 7) is 1.82. The lowest BCUT2D eigenvalue weighted by molar-refractivity contribution is 0.0695. The Bertz CT molecular complexity index is 476. The molecule has 78 valence electrons. The first-order valence-corrected chi connectivity index (χ1v) is 5.23. The number of hydrogen-bond acceptors (Lipinski definition) is 5. The van der Waals surface area contributed by atoms with Gasteiger partial charge in [0.05, 0.1) is 0 Å². The molecule has 0 aromatic carbocycles. The number of carboxylic acid groups (broad SMARTS) is 1. The summed E-state index contributed by atoms with van der Waals surface area (Å²) in [6, 6.07) is 0. The molecule has 2 aromatic rings. The van der Waals surface area contributed by atoms with Gasteiger partial charge in [0.25, 0.3) is 0 Å². The fourth-order valence-electron chi connectivity index (χ4n) is 1.27. The molecule has 0 aliphatic heterocycles. The minimum atomic E-state index is -1.03. The first-order chi connectivity index (χ1) is 7.24. The van der Waals surface area contributed by atoms with E-state index in [-0.39, 0.29) is 5.56 Å². The highest BCUT2D eigenvalue weighted by Gasteiger charge is 2.23. The van der Waals surface area contributed by atoms with Crippen molar-refractivity contribution in [2.75, 3.05) is 0 Å². The molecule has 0 saturated carbocycles. The topological polar surface area (TPSA) is 76.2 Å². The van der Waals surface area contributed by atoms with Crippen LogP contribution in [0.3, 0.4) is 0 Å². The molecule has 0 bridgehead atoms. The molecule has 0 aliphatic rings. The lowest BCUT2D eigenvalue weighted by Crippen LogP contribution is -2.00. The van der Waals surface area contributed by atoms with Gasteiger partial charge >= 0.3 is 5.97 Å². The van der Waals surface area contributed by atoms with Gasteiger partial charge in [-0.25, -0.2) is 9.78 Å². The number of aryl methyl sites for hydroxylation is 1. The van der Waals surface area contributed by atoms with Crippen LogP contribution in [0.4, 0.5) is 0 Å². The quantitative estimate of drug-likeness (QED) is 0.863. The zero-order chi connectivity index (χ0) is 10.8. The average molecular weight is 224 g/mol. The van der Waals surface area contributed by atoms with E-state index in [0.29, 0.717) is 22.9 Å². The first-order valence-electron chi connectivity index (χ1n) is 4.35. The van der Waals surface area contributed by atoms with Crippen LogP contribution < -0.4 is 0 Å². The third-order valence-electron chi connectivity index (χ3n) is 1.93. The largest absolute Gasteiger partial charge is 0.477 e. The van der Waals surface area contributed by atoms with Gasteiger partial charge in [-0.1, -0.05) is 12.1 Å². The summed E-state index contributed by atoms with van der Waals surface area (Å²) in [5.74, 6) is -0.647. The molecule has 2 aromatic heterocycles. The molecule has 15 heavy (non-hydrogen) atoms. The lowest BCUT2D eigenvalue weighted by atomic mass is 10.1. The van der Waals surface area contributed by atoms with Gasteiger partial charge in [-0.05, 0) is 0 Å². The second-order valence-electron chi connectivity index (χ2n) is 2.83. The summed E-state index contributed by atoms with van der Waals surface area (Å²) in [4.78, 5) is 15.0. The van der Waals surface area contributed by atoms with Crippen molar-refractivity contribution in [3.8, 4) is 10.7 Å². The van der Waals surface area contributed by atoms with Crippen molar-refractivity contribution in [2.45, 2.75) is 13.3 Å². The zero-order valence-corrected chi connectivity index (χ0v) is 8.74. The number of carbonyl (C=O) groups is 1. The fraction of sp³-hybridized carbons (Fsp3) is 0.222. The van der Waals surface area contributed by atoms with E-state index in [0.717, 1.165) is 0 Å². The number of carboxylic acids is 1. The molecule has 0 amide bonds. The van der Waals surface area contributed by atoms with Crippen LogP contribution in [-0.2, 0) is 6.42 Å². The third kappa shape index (κ3) is 1.63. The number of aromatic carboxylic acids is 1. The number of hydrogen-bond donors (Lipinski definition) is 1. The molecule has 0 saturated heterocycles. The number of nitrogens with zero attached hydrogens (tertiary/aromatic N) is 2. The number of rotatable bonds is 3. The predicted molar refractivity (Wildman–Crippen MR) is 53.9 cm³/mol.